The number of piperazine rings is 1. The van der Waals surface area contributed by atoms with Crippen LogP contribution in [0.2, 0.25) is 5.02 Å². The zero-order valence-corrected chi connectivity index (χ0v) is 22.3. The van der Waals surface area contributed by atoms with Crippen molar-refractivity contribution >= 4 is 23.2 Å². The lowest BCUT2D eigenvalue weighted by molar-refractivity contribution is 0.0746. The second kappa shape index (κ2) is 11.7. The van der Waals surface area contributed by atoms with Crippen LogP contribution in [0.25, 0.3) is 0 Å². The van der Waals surface area contributed by atoms with Gasteiger partial charge in [-0.25, -0.2) is 0 Å². The Morgan fingerprint density at radius 3 is 2.42 bits per heavy atom. The molecule has 1 saturated heterocycles. The van der Waals surface area contributed by atoms with Gasteiger partial charge in [0.2, 0.25) is 0 Å². The molecule has 190 valence electrons. The van der Waals surface area contributed by atoms with E-state index in [2.05, 4.69) is 31.7 Å². The zero-order chi connectivity index (χ0) is 25.7. The molecule has 0 atom stereocenters. The topological polar surface area (TPSA) is 42.0 Å². The van der Waals surface area contributed by atoms with Crippen LogP contribution in [-0.4, -0.2) is 43.6 Å². The average Bonchev–Trinajstić information content (AvgIpc) is 2.89. The quantitative estimate of drug-likeness (QED) is 0.340. The molecule has 3 aromatic carbocycles. The Bertz CT molecular complexity index is 1200. The van der Waals surface area contributed by atoms with E-state index in [1.165, 1.54) is 5.56 Å². The Hall–Kier alpha value is -3.18. The fourth-order valence-corrected chi connectivity index (χ4v) is 4.79. The van der Waals surface area contributed by atoms with Gasteiger partial charge in [-0.3, -0.25) is 4.79 Å². The minimum absolute atomic E-state index is 0.0318. The predicted molar refractivity (Wildman–Crippen MR) is 147 cm³/mol. The number of para-hydroxylation sites is 1. The third-order valence-electron chi connectivity index (χ3n) is 6.61. The van der Waals surface area contributed by atoms with Crippen LogP contribution in [0.3, 0.4) is 0 Å². The molecular formula is C30H35ClN2O3. The van der Waals surface area contributed by atoms with E-state index in [1.54, 1.807) is 0 Å². The summed E-state index contributed by atoms with van der Waals surface area (Å²) in [6, 6.07) is 19.7. The van der Waals surface area contributed by atoms with Crippen molar-refractivity contribution in [2.24, 2.45) is 0 Å². The molecule has 0 saturated carbocycles. The number of hydrogen-bond acceptors (Lipinski definition) is 4. The monoisotopic (exact) mass is 506 g/mol. The second-order valence-corrected chi connectivity index (χ2v) is 9.88. The molecular weight excluding hydrogens is 472 g/mol. The van der Waals surface area contributed by atoms with Crippen LogP contribution >= 0.6 is 11.6 Å². The number of carbonyl (C=O) groups is 1. The lowest BCUT2D eigenvalue weighted by Crippen LogP contribution is -2.49. The fraction of sp³-hybridized carbons (Fsp3) is 0.367. The molecule has 0 unspecified atom stereocenters. The molecule has 1 fully saturated rings. The minimum atomic E-state index is 0.0318. The molecule has 0 radical (unpaired) electrons. The number of hydrogen-bond donors (Lipinski definition) is 0. The van der Waals surface area contributed by atoms with Gasteiger partial charge in [0, 0.05) is 48.0 Å². The van der Waals surface area contributed by atoms with Crippen molar-refractivity contribution in [3.8, 4) is 11.5 Å². The molecule has 1 aliphatic rings. The largest absolute Gasteiger partial charge is 0.493 e. The van der Waals surface area contributed by atoms with Gasteiger partial charge in [0.15, 0.2) is 0 Å². The van der Waals surface area contributed by atoms with E-state index in [0.29, 0.717) is 37.8 Å². The van der Waals surface area contributed by atoms with Gasteiger partial charge in [-0.2, -0.15) is 0 Å². The zero-order valence-electron chi connectivity index (χ0n) is 21.6. The molecule has 1 aliphatic heterocycles. The maximum absolute atomic E-state index is 13.4. The Labute approximate surface area is 219 Å². The van der Waals surface area contributed by atoms with Crippen molar-refractivity contribution in [2.45, 2.75) is 40.2 Å². The second-order valence-electron chi connectivity index (χ2n) is 9.45. The molecule has 5 nitrogen and oxygen atoms in total. The number of ether oxygens (including phenoxy) is 2. The molecule has 1 heterocycles. The van der Waals surface area contributed by atoms with E-state index >= 15 is 0 Å². The Morgan fingerprint density at radius 1 is 0.944 bits per heavy atom. The molecule has 1 amide bonds. The predicted octanol–water partition coefficient (Wildman–Crippen LogP) is 6.71. The van der Waals surface area contributed by atoms with E-state index in [1.807, 2.05) is 66.4 Å². The molecule has 6 heteroatoms. The summed E-state index contributed by atoms with van der Waals surface area (Å²) >= 11 is 6.22. The maximum Gasteiger partial charge on any atom is 0.253 e. The van der Waals surface area contributed by atoms with E-state index in [-0.39, 0.29) is 5.91 Å². The number of amides is 1. The van der Waals surface area contributed by atoms with Gasteiger partial charge in [-0.1, -0.05) is 49.7 Å². The van der Waals surface area contributed by atoms with Gasteiger partial charge in [-0.05, 0) is 67.3 Å². The van der Waals surface area contributed by atoms with Crippen molar-refractivity contribution in [1.82, 2.24) is 4.90 Å². The van der Waals surface area contributed by atoms with E-state index < -0.39 is 0 Å². The van der Waals surface area contributed by atoms with Gasteiger partial charge in [0.25, 0.3) is 5.91 Å². The smallest absolute Gasteiger partial charge is 0.253 e. The standard InChI is InChI=1S/C30H35ClN2O3/c1-5-35-28-13-11-23(18-24(28)20-36-29-9-7-6-8-26(29)21(2)3)30(34)33-16-14-32(15-17-33)27-19-25(31)12-10-22(27)4/h6-13,18-19,21H,5,14-17,20H2,1-4H3. The van der Waals surface area contributed by atoms with Crippen LogP contribution in [0.15, 0.2) is 60.7 Å². The number of aryl methyl sites for hydroxylation is 1. The summed E-state index contributed by atoms with van der Waals surface area (Å²) in [5.41, 5.74) is 5.01. The molecule has 0 N–H and O–H groups in total. The van der Waals surface area contributed by atoms with Gasteiger partial charge in [-0.15, -0.1) is 0 Å². The summed E-state index contributed by atoms with van der Waals surface area (Å²) in [6.07, 6.45) is 0. The summed E-state index contributed by atoms with van der Waals surface area (Å²) in [5.74, 6) is 2.00. The van der Waals surface area contributed by atoms with Crippen LogP contribution in [0, 0.1) is 6.92 Å². The molecule has 0 aliphatic carbocycles. The highest BCUT2D eigenvalue weighted by molar-refractivity contribution is 6.30. The van der Waals surface area contributed by atoms with E-state index in [4.69, 9.17) is 21.1 Å². The SMILES string of the molecule is CCOc1ccc(C(=O)N2CCN(c3cc(Cl)ccc3C)CC2)cc1COc1ccccc1C(C)C. The highest BCUT2D eigenvalue weighted by Crippen LogP contribution is 2.29. The first-order chi connectivity index (χ1) is 17.4. The van der Waals surface area contributed by atoms with Crippen molar-refractivity contribution in [3.05, 3.63) is 87.9 Å². The number of benzene rings is 3. The molecule has 4 rings (SSSR count). The minimum Gasteiger partial charge on any atom is -0.493 e. The van der Waals surface area contributed by atoms with Crippen molar-refractivity contribution in [2.75, 3.05) is 37.7 Å². The van der Waals surface area contributed by atoms with Crippen LogP contribution in [0.4, 0.5) is 5.69 Å². The summed E-state index contributed by atoms with van der Waals surface area (Å²) < 4.78 is 12.1. The Balaban J connectivity index is 1.47. The van der Waals surface area contributed by atoms with Crippen molar-refractivity contribution in [1.29, 1.82) is 0 Å². The maximum atomic E-state index is 13.4. The number of anilines is 1. The summed E-state index contributed by atoms with van der Waals surface area (Å²) in [5, 5.41) is 0.731. The van der Waals surface area contributed by atoms with Crippen molar-refractivity contribution in [3.63, 3.8) is 0 Å². The number of nitrogens with zero attached hydrogens (tertiary/aromatic N) is 2. The molecule has 36 heavy (non-hydrogen) atoms. The van der Waals surface area contributed by atoms with Gasteiger partial charge < -0.3 is 19.3 Å². The Kier molecular flexibility index (Phi) is 8.42. The van der Waals surface area contributed by atoms with Gasteiger partial charge >= 0.3 is 0 Å². The van der Waals surface area contributed by atoms with E-state index in [9.17, 15) is 4.79 Å². The fourth-order valence-electron chi connectivity index (χ4n) is 4.62. The lowest BCUT2D eigenvalue weighted by Gasteiger charge is -2.37. The summed E-state index contributed by atoms with van der Waals surface area (Å²) in [6.45, 7) is 12.1. The Morgan fingerprint density at radius 2 is 1.69 bits per heavy atom. The molecule has 0 aromatic heterocycles. The first kappa shape index (κ1) is 25.9. The first-order valence-corrected chi connectivity index (χ1v) is 13.0. The first-order valence-electron chi connectivity index (χ1n) is 12.6. The van der Waals surface area contributed by atoms with Gasteiger partial charge in [0.05, 0.1) is 6.61 Å². The normalized spacial score (nSPS) is 13.7. The highest BCUT2D eigenvalue weighted by Gasteiger charge is 2.24. The third-order valence-corrected chi connectivity index (χ3v) is 6.85. The molecule has 3 aromatic rings. The van der Waals surface area contributed by atoms with Crippen LogP contribution in [0.1, 0.15) is 53.7 Å². The number of rotatable bonds is 8. The van der Waals surface area contributed by atoms with E-state index in [0.717, 1.165) is 46.4 Å². The summed E-state index contributed by atoms with van der Waals surface area (Å²) in [7, 11) is 0. The molecule has 0 spiro atoms. The van der Waals surface area contributed by atoms with Crippen LogP contribution in [-0.2, 0) is 6.61 Å². The lowest BCUT2D eigenvalue weighted by atomic mass is 10.0. The number of carbonyl (C=O) groups excluding carboxylic acids is 1. The third kappa shape index (κ3) is 5.96. The number of halogens is 1. The average molecular weight is 507 g/mol. The van der Waals surface area contributed by atoms with Gasteiger partial charge in [0.1, 0.15) is 18.1 Å². The highest BCUT2D eigenvalue weighted by atomic mass is 35.5. The molecule has 0 bridgehead atoms. The van der Waals surface area contributed by atoms with Crippen LogP contribution < -0.4 is 14.4 Å². The van der Waals surface area contributed by atoms with Crippen LogP contribution in [0.5, 0.6) is 11.5 Å². The van der Waals surface area contributed by atoms with Crippen molar-refractivity contribution < 1.29 is 14.3 Å². The summed E-state index contributed by atoms with van der Waals surface area (Å²) in [4.78, 5) is 17.6.